The van der Waals surface area contributed by atoms with Gasteiger partial charge in [-0.1, -0.05) is 0 Å². The van der Waals surface area contributed by atoms with Crippen LogP contribution in [0.15, 0.2) is 36.4 Å². The number of fused-ring (bicyclic) bond motifs is 1. The minimum absolute atomic E-state index is 0.0121. The minimum Gasteiger partial charge on any atom is -0.486 e. The van der Waals surface area contributed by atoms with Gasteiger partial charge in [-0.3, -0.25) is 9.59 Å². The molecule has 0 spiro atoms. The maximum atomic E-state index is 14.7. The Morgan fingerprint density at radius 2 is 1.68 bits per heavy atom. The van der Waals surface area contributed by atoms with Gasteiger partial charge in [-0.25, -0.2) is 4.39 Å². The lowest BCUT2D eigenvalue weighted by molar-refractivity contribution is -0.118. The van der Waals surface area contributed by atoms with E-state index in [9.17, 15) is 19.1 Å². The average Bonchev–Trinajstić information content (AvgIpc) is 3.45. The van der Waals surface area contributed by atoms with Crippen molar-refractivity contribution in [2.75, 3.05) is 64.1 Å². The molecule has 37 heavy (non-hydrogen) atoms. The van der Waals surface area contributed by atoms with Crippen molar-refractivity contribution in [3.05, 3.63) is 53.3 Å². The molecule has 10 heteroatoms. The van der Waals surface area contributed by atoms with Crippen molar-refractivity contribution in [2.24, 2.45) is 0 Å². The number of nitrogens with zero attached hydrogens (tertiary/aromatic N) is 2. The van der Waals surface area contributed by atoms with Crippen LogP contribution in [0, 0.1) is 5.82 Å². The summed E-state index contributed by atoms with van der Waals surface area (Å²) >= 11 is 0. The number of rotatable bonds is 8. The normalized spacial score (nSPS) is 19.4. The number of Topliss-reactive ketones (excluding diaryl/α,β-unsaturated/α-hetero) is 1. The lowest BCUT2D eigenvalue weighted by Crippen LogP contribution is -2.48. The summed E-state index contributed by atoms with van der Waals surface area (Å²) in [5.41, 5.74) is 1.46. The topological polar surface area (TPSA) is 101 Å². The number of amides is 1. The van der Waals surface area contributed by atoms with Gasteiger partial charge in [0.15, 0.2) is 17.3 Å². The van der Waals surface area contributed by atoms with Crippen LogP contribution in [0.1, 0.15) is 34.9 Å². The zero-order valence-corrected chi connectivity index (χ0v) is 20.7. The Hall–Kier alpha value is -3.21. The zero-order valence-electron chi connectivity index (χ0n) is 20.7. The summed E-state index contributed by atoms with van der Waals surface area (Å²) in [6.07, 6.45) is 0.777. The molecule has 1 amide bonds. The van der Waals surface area contributed by atoms with E-state index in [0.29, 0.717) is 19.8 Å². The van der Waals surface area contributed by atoms with E-state index >= 15 is 0 Å². The Labute approximate surface area is 215 Å². The van der Waals surface area contributed by atoms with Crippen molar-refractivity contribution in [3.8, 4) is 11.5 Å². The summed E-state index contributed by atoms with van der Waals surface area (Å²) < 4.78 is 30.9. The number of carbonyl (C=O) groups is 2. The molecule has 0 aromatic heterocycles. The second-order valence-electron chi connectivity index (χ2n) is 9.53. The highest BCUT2D eigenvalue weighted by atomic mass is 19.1. The predicted molar refractivity (Wildman–Crippen MR) is 134 cm³/mol. The molecule has 0 radical (unpaired) electrons. The van der Waals surface area contributed by atoms with Gasteiger partial charge in [-0.05, 0) is 67.9 Å². The molecular weight excluding hydrogens is 481 g/mol. The molecule has 2 aromatic rings. The number of halogens is 1. The Kier molecular flexibility index (Phi) is 7.87. The van der Waals surface area contributed by atoms with Gasteiger partial charge in [0.25, 0.3) is 5.91 Å². The first-order valence-electron chi connectivity index (χ1n) is 12.8. The highest BCUT2D eigenvalue weighted by molar-refractivity contribution is 6.42. The van der Waals surface area contributed by atoms with Gasteiger partial charge in [0.05, 0.1) is 19.3 Å². The van der Waals surface area contributed by atoms with E-state index in [4.69, 9.17) is 14.2 Å². The first-order valence-corrected chi connectivity index (χ1v) is 12.8. The number of likely N-dealkylation sites (tertiary alicyclic amines) is 1. The number of hydrogen-bond acceptors (Lipinski definition) is 8. The molecule has 3 aliphatic heterocycles. The third kappa shape index (κ3) is 5.87. The van der Waals surface area contributed by atoms with E-state index in [1.807, 2.05) is 12.1 Å². The van der Waals surface area contributed by atoms with E-state index in [1.54, 1.807) is 12.1 Å². The van der Waals surface area contributed by atoms with E-state index in [-0.39, 0.29) is 35.8 Å². The summed E-state index contributed by atoms with van der Waals surface area (Å²) in [5, 5.41) is 13.9. The molecule has 2 atom stereocenters. The lowest BCUT2D eigenvalue weighted by Gasteiger charge is -2.29. The molecule has 3 aliphatic rings. The van der Waals surface area contributed by atoms with Crippen LogP contribution < -0.4 is 19.7 Å². The fourth-order valence-electron chi connectivity index (χ4n) is 5.01. The van der Waals surface area contributed by atoms with E-state index in [0.717, 1.165) is 44.7 Å². The molecule has 2 aromatic carbocycles. The molecule has 9 nitrogen and oxygen atoms in total. The first-order chi connectivity index (χ1) is 18.0. The number of aliphatic hydroxyl groups is 1. The maximum Gasteiger partial charge on any atom is 0.292 e. The SMILES string of the molecule is O=C(NC(CN1CCCC1)C(O)c1cc(F)c2c(c1)OCCO2)C(=O)c1ccc(N2CCOCC2)cc1. The lowest BCUT2D eigenvalue weighted by atomic mass is 10.00. The van der Waals surface area contributed by atoms with Crippen LogP contribution in [-0.4, -0.2) is 86.9 Å². The van der Waals surface area contributed by atoms with Crippen LogP contribution in [-0.2, 0) is 9.53 Å². The molecule has 2 saturated heterocycles. The second kappa shape index (κ2) is 11.5. The van der Waals surface area contributed by atoms with Crippen LogP contribution >= 0.6 is 0 Å². The van der Waals surface area contributed by atoms with Crippen molar-refractivity contribution in [3.63, 3.8) is 0 Å². The van der Waals surface area contributed by atoms with Gasteiger partial charge in [-0.15, -0.1) is 0 Å². The zero-order chi connectivity index (χ0) is 25.8. The Bertz CT molecular complexity index is 1120. The molecule has 2 unspecified atom stereocenters. The molecular formula is C27H32FN3O6. The average molecular weight is 514 g/mol. The third-order valence-electron chi connectivity index (χ3n) is 7.02. The van der Waals surface area contributed by atoms with Gasteiger partial charge >= 0.3 is 0 Å². The van der Waals surface area contributed by atoms with Crippen LogP contribution in [0.2, 0.25) is 0 Å². The Balaban J connectivity index is 1.31. The van der Waals surface area contributed by atoms with Gasteiger partial charge in [0.1, 0.15) is 19.3 Å². The van der Waals surface area contributed by atoms with Gasteiger partial charge in [0.2, 0.25) is 5.78 Å². The number of morpholine rings is 1. The van der Waals surface area contributed by atoms with E-state index in [1.165, 1.54) is 12.1 Å². The highest BCUT2D eigenvalue weighted by Gasteiger charge is 2.31. The molecule has 0 aliphatic carbocycles. The van der Waals surface area contributed by atoms with Crippen molar-refractivity contribution < 1.29 is 33.3 Å². The molecule has 198 valence electrons. The Morgan fingerprint density at radius 3 is 2.41 bits per heavy atom. The molecule has 2 N–H and O–H groups in total. The second-order valence-corrected chi connectivity index (χ2v) is 9.53. The Morgan fingerprint density at radius 1 is 0.973 bits per heavy atom. The van der Waals surface area contributed by atoms with Crippen LogP contribution in [0.4, 0.5) is 10.1 Å². The summed E-state index contributed by atoms with van der Waals surface area (Å²) in [6.45, 7) is 5.33. The first kappa shape index (κ1) is 25.4. The van der Waals surface area contributed by atoms with E-state index in [2.05, 4.69) is 15.1 Å². The number of hydrogen-bond donors (Lipinski definition) is 2. The fraction of sp³-hybridized carbons (Fsp3) is 0.481. The number of ketones is 1. The number of ether oxygens (including phenoxy) is 3. The van der Waals surface area contributed by atoms with Crippen molar-refractivity contribution in [1.29, 1.82) is 0 Å². The van der Waals surface area contributed by atoms with Gasteiger partial charge in [0, 0.05) is 30.9 Å². The van der Waals surface area contributed by atoms with Crippen molar-refractivity contribution >= 4 is 17.4 Å². The summed E-state index contributed by atoms with van der Waals surface area (Å²) in [6, 6.07) is 8.79. The van der Waals surface area contributed by atoms with Crippen molar-refractivity contribution in [1.82, 2.24) is 10.2 Å². The van der Waals surface area contributed by atoms with Crippen LogP contribution in [0.5, 0.6) is 11.5 Å². The number of aliphatic hydroxyl groups excluding tert-OH is 1. The molecule has 3 heterocycles. The smallest absolute Gasteiger partial charge is 0.292 e. The quantitative estimate of drug-likeness (QED) is 0.408. The maximum absolute atomic E-state index is 14.7. The summed E-state index contributed by atoms with van der Waals surface area (Å²) in [5.74, 6) is -1.93. The summed E-state index contributed by atoms with van der Waals surface area (Å²) in [4.78, 5) is 30.3. The van der Waals surface area contributed by atoms with Crippen molar-refractivity contribution in [2.45, 2.75) is 25.0 Å². The summed E-state index contributed by atoms with van der Waals surface area (Å²) in [7, 11) is 0. The monoisotopic (exact) mass is 513 g/mol. The van der Waals surface area contributed by atoms with Gasteiger partial charge < -0.3 is 34.4 Å². The molecule has 0 saturated carbocycles. The molecule has 0 bridgehead atoms. The predicted octanol–water partition coefficient (Wildman–Crippen LogP) is 1.93. The van der Waals surface area contributed by atoms with E-state index < -0.39 is 29.7 Å². The van der Waals surface area contributed by atoms with Crippen LogP contribution in [0.25, 0.3) is 0 Å². The number of benzene rings is 2. The fourth-order valence-corrected chi connectivity index (χ4v) is 5.01. The number of nitrogens with one attached hydrogen (secondary N) is 1. The number of carbonyl (C=O) groups excluding carboxylic acids is 2. The largest absolute Gasteiger partial charge is 0.486 e. The number of anilines is 1. The molecule has 5 rings (SSSR count). The van der Waals surface area contributed by atoms with Gasteiger partial charge in [-0.2, -0.15) is 0 Å². The third-order valence-corrected chi connectivity index (χ3v) is 7.02. The minimum atomic E-state index is -1.26. The highest BCUT2D eigenvalue weighted by Crippen LogP contribution is 2.36. The van der Waals surface area contributed by atoms with Crippen LogP contribution in [0.3, 0.4) is 0 Å². The molecule has 2 fully saturated rings. The standard InChI is InChI=1S/C27H32FN3O6/c28-21-15-19(16-23-26(21)37-14-13-36-23)24(32)22(17-30-7-1-2-8-30)29-27(34)25(33)18-3-5-20(6-4-18)31-9-11-35-12-10-31/h3-6,15-16,22,24,32H,1-2,7-14,17H2,(H,29,34).